The lowest BCUT2D eigenvalue weighted by molar-refractivity contribution is 0.610. The van der Waals surface area contributed by atoms with Gasteiger partial charge in [0.2, 0.25) is 0 Å². The average molecular weight is 220 g/mol. The Bertz CT molecular complexity index is 492. The Morgan fingerprint density at radius 2 is 2.19 bits per heavy atom. The molecule has 1 aromatic carbocycles. The van der Waals surface area contributed by atoms with Gasteiger partial charge in [0.25, 0.3) is 0 Å². The number of halogens is 1. The third-order valence-corrected chi connectivity index (χ3v) is 2.23. The third-order valence-electron chi connectivity index (χ3n) is 2.23. The van der Waals surface area contributed by atoms with E-state index in [-0.39, 0.29) is 5.82 Å². The van der Waals surface area contributed by atoms with Gasteiger partial charge >= 0.3 is 0 Å². The van der Waals surface area contributed by atoms with E-state index < -0.39 is 0 Å². The van der Waals surface area contributed by atoms with Crippen molar-refractivity contribution >= 4 is 5.82 Å². The van der Waals surface area contributed by atoms with Gasteiger partial charge in [0.05, 0.1) is 5.69 Å². The van der Waals surface area contributed by atoms with Crippen LogP contribution in [0.1, 0.15) is 5.69 Å². The molecule has 2 rings (SSSR count). The van der Waals surface area contributed by atoms with Crippen LogP contribution < -0.4 is 11.1 Å². The maximum Gasteiger partial charge on any atom is 0.148 e. The van der Waals surface area contributed by atoms with Crippen LogP contribution >= 0.6 is 0 Å². The highest BCUT2D eigenvalue weighted by atomic mass is 19.1. The summed E-state index contributed by atoms with van der Waals surface area (Å²) in [7, 11) is 1.82. The van der Waals surface area contributed by atoms with E-state index in [0.29, 0.717) is 18.1 Å². The number of rotatable bonds is 3. The molecule has 0 saturated carbocycles. The fourth-order valence-corrected chi connectivity index (χ4v) is 1.53. The Labute approximate surface area is 92.9 Å². The molecular formula is C11H13FN4. The van der Waals surface area contributed by atoms with Gasteiger partial charge in [-0.3, -0.25) is 0 Å². The molecule has 2 aromatic rings. The van der Waals surface area contributed by atoms with E-state index in [1.807, 2.05) is 7.05 Å². The Morgan fingerprint density at radius 3 is 2.88 bits per heavy atom. The van der Waals surface area contributed by atoms with Gasteiger partial charge in [-0.2, -0.15) is 5.10 Å². The highest BCUT2D eigenvalue weighted by molar-refractivity contribution is 5.43. The van der Waals surface area contributed by atoms with Gasteiger partial charge in [0, 0.05) is 12.6 Å². The Hall–Kier alpha value is -1.88. The molecule has 0 atom stereocenters. The Kier molecular flexibility index (Phi) is 2.87. The first-order valence-corrected chi connectivity index (χ1v) is 4.96. The van der Waals surface area contributed by atoms with Crippen LogP contribution in [-0.2, 0) is 6.54 Å². The molecule has 0 amide bonds. The molecule has 84 valence electrons. The second-order valence-corrected chi connectivity index (χ2v) is 3.45. The summed E-state index contributed by atoms with van der Waals surface area (Å²) >= 11 is 0. The van der Waals surface area contributed by atoms with Crippen LogP contribution in [0.2, 0.25) is 0 Å². The van der Waals surface area contributed by atoms with E-state index in [1.54, 1.807) is 24.3 Å². The standard InChI is InChI=1S/C11H13FN4/c1-14-7-8-6-11(13)16(15-8)10-5-3-2-4-9(10)12/h2-6,14H,7,13H2,1H3. The number of nitrogens with two attached hydrogens (primary N) is 1. The number of hydrogen-bond donors (Lipinski definition) is 2. The molecule has 0 aliphatic rings. The molecular weight excluding hydrogens is 207 g/mol. The molecule has 0 aliphatic heterocycles. The van der Waals surface area contributed by atoms with Crippen molar-refractivity contribution in [1.82, 2.24) is 15.1 Å². The van der Waals surface area contributed by atoms with Gasteiger partial charge in [0.1, 0.15) is 17.3 Å². The molecule has 4 nitrogen and oxygen atoms in total. The summed E-state index contributed by atoms with van der Waals surface area (Å²) in [5.74, 6) is 0.0867. The highest BCUT2D eigenvalue weighted by Gasteiger charge is 2.09. The van der Waals surface area contributed by atoms with Gasteiger partial charge in [-0.25, -0.2) is 9.07 Å². The lowest BCUT2D eigenvalue weighted by Gasteiger charge is -2.04. The number of aromatic nitrogens is 2. The summed E-state index contributed by atoms with van der Waals surface area (Å²) < 4.78 is 14.9. The number of nitrogens with zero attached hydrogens (tertiary/aromatic N) is 2. The second kappa shape index (κ2) is 4.32. The quantitative estimate of drug-likeness (QED) is 0.820. The van der Waals surface area contributed by atoms with Crippen LogP contribution in [-0.4, -0.2) is 16.8 Å². The van der Waals surface area contributed by atoms with Gasteiger partial charge in [0.15, 0.2) is 0 Å². The second-order valence-electron chi connectivity index (χ2n) is 3.45. The fraction of sp³-hybridized carbons (Fsp3) is 0.182. The SMILES string of the molecule is CNCc1cc(N)n(-c2ccccc2F)n1. The highest BCUT2D eigenvalue weighted by Crippen LogP contribution is 2.17. The van der Waals surface area contributed by atoms with E-state index in [2.05, 4.69) is 10.4 Å². The summed E-state index contributed by atoms with van der Waals surface area (Å²) in [6.45, 7) is 0.603. The van der Waals surface area contributed by atoms with Gasteiger partial charge in [-0.1, -0.05) is 12.1 Å². The van der Waals surface area contributed by atoms with E-state index in [1.165, 1.54) is 10.7 Å². The van der Waals surface area contributed by atoms with Crippen molar-refractivity contribution in [2.75, 3.05) is 12.8 Å². The molecule has 1 aromatic heterocycles. The van der Waals surface area contributed by atoms with Crippen LogP contribution in [0.15, 0.2) is 30.3 Å². The molecule has 1 heterocycles. The summed E-state index contributed by atoms with van der Waals surface area (Å²) in [6, 6.07) is 8.13. The van der Waals surface area contributed by atoms with Gasteiger partial charge < -0.3 is 11.1 Å². The van der Waals surface area contributed by atoms with Crippen molar-refractivity contribution in [3.05, 3.63) is 41.8 Å². The number of hydrogen-bond acceptors (Lipinski definition) is 3. The van der Waals surface area contributed by atoms with E-state index in [9.17, 15) is 4.39 Å². The summed E-state index contributed by atoms with van der Waals surface area (Å²) in [5, 5.41) is 7.19. The summed E-state index contributed by atoms with van der Waals surface area (Å²) in [6.07, 6.45) is 0. The molecule has 0 aliphatic carbocycles. The maximum atomic E-state index is 13.5. The number of nitrogen functional groups attached to an aromatic ring is 1. The van der Waals surface area contributed by atoms with E-state index >= 15 is 0 Å². The molecule has 3 N–H and O–H groups in total. The lowest BCUT2D eigenvalue weighted by Crippen LogP contribution is -2.07. The molecule has 0 bridgehead atoms. The third kappa shape index (κ3) is 1.90. The fourth-order valence-electron chi connectivity index (χ4n) is 1.53. The van der Waals surface area contributed by atoms with Crippen molar-refractivity contribution in [1.29, 1.82) is 0 Å². The van der Waals surface area contributed by atoms with Crippen molar-refractivity contribution in [3.8, 4) is 5.69 Å². The predicted molar refractivity (Wildman–Crippen MR) is 60.7 cm³/mol. The topological polar surface area (TPSA) is 55.9 Å². The zero-order valence-corrected chi connectivity index (χ0v) is 8.94. The van der Waals surface area contributed by atoms with E-state index in [0.717, 1.165) is 5.69 Å². The monoisotopic (exact) mass is 220 g/mol. The number of para-hydroxylation sites is 1. The van der Waals surface area contributed by atoms with Crippen LogP contribution in [0.3, 0.4) is 0 Å². The van der Waals surface area contributed by atoms with Crippen molar-refractivity contribution < 1.29 is 4.39 Å². The van der Waals surface area contributed by atoms with E-state index in [4.69, 9.17) is 5.73 Å². The average Bonchev–Trinajstić information content (AvgIpc) is 2.61. The van der Waals surface area contributed by atoms with Crippen LogP contribution in [0.5, 0.6) is 0 Å². The zero-order chi connectivity index (χ0) is 11.5. The summed E-state index contributed by atoms with van der Waals surface area (Å²) in [4.78, 5) is 0. The number of anilines is 1. The Balaban J connectivity index is 2.44. The first kappa shape index (κ1) is 10.6. The lowest BCUT2D eigenvalue weighted by atomic mass is 10.3. The molecule has 0 spiro atoms. The molecule has 16 heavy (non-hydrogen) atoms. The molecule has 0 saturated heterocycles. The molecule has 0 radical (unpaired) electrons. The number of nitrogens with one attached hydrogen (secondary N) is 1. The van der Waals surface area contributed by atoms with Crippen LogP contribution in [0.4, 0.5) is 10.2 Å². The summed E-state index contributed by atoms with van der Waals surface area (Å²) in [5.41, 5.74) is 6.92. The minimum absolute atomic E-state index is 0.340. The van der Waals surface area contributed by atoms with Gasteiger partial charge in [-0.05, 0) is 19.2 Å². The van der Waals surface area contributed by atoms with Crippen molar-refractivity contribution in [3.63, 3.8) is 0 Å². The van der Waals surface area contributed by atoms with Crippen molar-refractivity contribution in [2.45, 2.75) is 6.54 Å². The molecule has 0 unspecified atom stereocenters. The largest absolute Gasteiger partial charge is 0.384 e. The smallest absolute Gasteiger partial charge is 0.148 e. The molecule has 5 heteroatoms. The van der Waals surface area contributed by atoms with Gasteiger partial charge in [-0.15, -0.1) is 0 Å². The normalized spacial score (nSPS) is 10.6. The van der Waals surface area contributed by atoms with Crippen LogP contribution in [0, 0.1) is 5.82 Å². The Morgan fingerprint density at radius 1 is 1.44 bits per heavy atom. The first-order valence-electron chi connectivity index (χ1n) is 4.96. The zero-order valence-electron chi connectivity index (χ0n) is 8.94. The maximum absolute atomic E-state index is 13.5. The minimum Gasteiger partial charge on any atom is -0.384 e. The minimum atomic E-state index is -0.340. The van der Waals surface area contributed by atoms with Crippen molar-refractivity contribution in [2.24, 2.45) is 0 Å². The number of benzene rings is 1. The predicted octanol–water partition coefficient (Wildman–Crippen LogP) is 1.31. The van der Waals surface area contributed by atoms with Crippen LogP contribution in [0.25, 0.3) is 5.69 Å². The molecule has 0 fully saturated rings. The first-order chi connectivity index (χ1) is 7.72.